The van der Waals surface area contributed by atoms with E-state index >= 15 is 0 Å². The third kappa shape index (κ3) is 4.00. The van der Waals surface area contributed by atoms with Gasteiger partial charge in [-0.2, -0.15) is 0 Å². The number of rotatable bonds is 6. The Hall–Kier alpha value is -2.81. The van der Waals surface area contributed by atoms with Crippen molar-refractivity contribution in [1.82, 2.24) is 5.32 Å². The molecule has 0 aliphatic rings. The van der Waals surface area contributed by atoms with Gasteiger partial charge in [-0.25, -0.2) is 0 Å². The second kappa shape index (κ2) is 7.84. The third-order valence-corrected chi connectivity index (χ3v) is 4.45. The van der Waals surface area contributed by atoms with Crippen molar-refractivity contribution in [2.24, 2.45) is 0 Å². The van der Waals surface area contributed by atoms with Crippen LogP contribution in [0.5, 0.6) is 5.75 Å². The molecule has 0 unspecified atom stereocenters. The van der Waals surface area contributed by atoms with Crippen molar-refractivity contribution in [3.63, 3.8) is 0 Å². The number of benzene rings is 3. The van der Waals surface area contributed by atoms with Gasteiger partial charge in [0.05, 0.1) is 7.11 Å². The molecule has 3 aromatic carbocycles. The van der Waals surface area contributed by atoms with Gasteiger partial charge < -0.3 is 10.1 Å². The van der Waals surface area contributed by atoms with Gasteiger partial charge in [-0.15, -0.1) is 0 Å². The fraction of sp³-hybridized carbons (Fsp3) is 0.227. The van der Waals surface area contributed by atoms with E-state index in [4.69, 9.17) is 4.74 Å². The lowest BCUT2D eigenvalue weighted by Gasteiger charge is -2.09. The molecule has 1 amide bonds. The molecule has 0 aliphatic carbocycles. The van der Waals surface area contributed by atoms with Crippen molar-refractivity contribution in [2.75, 3.05) is 13.7 Å². The summed E-state index contributed by atoms with van der Waals surface area (Å²) in [7, 11) is 1.63. The van der Waals surface area contributed by atoms with Crippen LogP contribution in [0.15, 0.2) is 60.7 Å². The zero-order chi connectivity index (χ0) is 17.6. The van der Waals surface area contributed by atoms with E-state index in [0.717, 1.165) is 24.2 Å². The van der Waals surface area contributed by atoms with Gasteiger partial charge >= 0.3 is 0 Å². The van der Waals surface area contributed by atoms with Crippen LogP contribution in [0.3, 0.4) is 0 Å². The van der Waals surface area contributed by atoms with E-state index in [2.05, 4.69) is 47.8 Å². The normalized spacial score (nSPS) is 10.6. The maximum Gasteiger partial charge on any atom is 0.251 e. The molecule has 0 spiro atoms. The van der Waals surface area contributed by atoms with Crippen LogP contribution in [-0.2, 0) is 6.42 Å². The Morgan fingerprint density at radius 1 is 1.04 bits per heavy atom. The maximum absolute atomic E-state index is 12.3. The first-order chi connectivity index (χ1) is 12.2. The predicted molar refractivity (Wildman–Crippen MR) is 102 cm³/mol. The number of fused-ring (bicyclic) bond motifs is 1. The van der Waals surface area contributed by atoms with Crippen LogP contribution < -0.4 is 10.1 Å². The van der Waals surface area contributed by atoms with Crippen LogP contribution in [0, 0.1) is 6.92 Å². The summed E-state index contributed by atoms with van der Waals surface area (Å²) in [5.74, 6) is 0.760. The van der Waals surface area contributed by atoms with Crippen molar-refractivity contribution in [3.05, 3.63) is 77.4 Å². The fourth-order valence-corrected chi connectivity index (χ4v) is 3.11. The van der Waals surface area contributed by atoms with E-state index < -0.39 is 0 Å². The molecule has 0 atom stereocenters. The molecule has 0 bridgehead atoms. The Balaban J connectivity index is 1.56. The molecule has 1 N–H and O–H groups in total. The standard InChI is InChI=1S/C22H23NO2/c1-16-15-19(12-13-21(16)25-2)22(24)23-14-6-10-18-9-5-8-17-7-3-4-11-20(17)18/h3-5,7-9,11-13,15H,6,10,14H2,1-2H3,(H,23,24). The van der Waals surface area contributed by atoms with Crippen molar-refractivity contribution in [2.45, 2.75) is 19.8 Å². The molecule has 3 heteroatoms. The van der Waals surface area contributed by atoms with Gasteiger partial charge in [0, 0.05) is 12.1 Å². The molecule has 25 heavy (non-hydrogen) atoms. The number of hydrogen-bond acceptors (Lipinski definition) is 2. The average molecular weight is 333 g/mol. The van der Waals surface area contributed by atoms with Crippen LogP contribution >= 0.6 is 0 Å². The van der Waals surface area contributed by atoms with Crippen molar-refractivity contribution in [3.8, 4) is 5.75 Å². The maximum atomic E-state index is 12.3. The molecule has 0 fully saturated rings. The molecular formula is C22H23NO2. The summed E-state index contributed by atoms with van der Waals surface area (Å²) in [5.41, 5.74) is 2.96. The molecule has 3 nitrogen and oxygen atoms in total. The van der Waals surface area contributed by atoms with Gasteiger partial charge in [0.2, 0.25) is 0 Å². The molecule has 0 radical (unpaired) electrons. The van der Waals surface area contributed by atoms with E-state index in [1.807, 2.05) is 19.1 Å². The number of aryl methyl sites for hydroxylation is 2. The predicted octanol–water partition coefficient (Wildman–Crippen LogP) is 4.52. The highest BCUT2D eigenvalue weighted by Gasteiger charge is 2.08. The minimum absolute atomic E-state index is 0.0383. The summed E-state index contributed by atoms with van der Waals surface area (Å²) in [4.78, 5) is 12.3. The van der Waals surface area contributed by atoms with Gasteiger partial charge in [0.1, 0.15) is 5.75 Å². The number of nitrogens with one attached hydrogen (secondary N) is 1. The number of hydrogen-bond donors (Lipinski definition) is 1. The summed E-state index contributed by atoms with van der Waals surface area (Å²) in [6.07, 6.45) is 1.86. The van der Waals surface area contributed by atoms with Gasteiger partial charge in [0.15, 0.2) is 0 Å². The zero-order valence-corrected chi connectivity index (χ0v) is 14.7. The first-order valence-corrected chi connectivity index (χ1v) is 8.58. The van der Waals surface area contributed by atoms with E-state index in [9.17, 15) is 4.79 Å². The minimum atomic E-state index is -0.0383. The average Bonchev–Trinajstić information content (AvgIpc) is 2.65. The van der Waals surface area contributed by atoms with E-state index in [1.165, 1.54) is 16.3 Å². The number of methoxy groups -OCH3 is 1. The highest BCUT2D eigenvalue weighted by Crippen LogP contribution is 2.20. The van der Waals surface area contributed by atoms with Gasteiger partial charge in [-0.1, -0.05) is 42.5 Å². The largest absolute Gasteiger partial charge is 0.496 e. The molecule has 3 rings (SSSR count). The molecule has 0 aliphatic heterocycles. The number of carbonyl (C=O) groups excluding carboxylic acids is 1. The lowest BCUT2D eigenvalue weighted by molar-refractivity contribution is 0.0953. The summed E-state index contributed by atoms with van der Waals surface area (Å²) in [6.45, 7) is 2.60. The smallest absolute Gasteiger partial charge is 0.251 e. The number of amides is 1. The lowest BCUT2D eigenvalue weighted by atomic mass is 10.0. The Morgan fingerprint density at radius 3 is 2.64 bits per heavy atom. The van der Waals surface area contributed by atoms with Crippen LogP contribution in [0.4, 0.5) is 0 Å². The second-order valence-electron chi connectivity index (χ2n) is 6.18. The molecule has 0 aromatic heterocycles. The highest BCUT2D eigenvalue weighted by molar-refractivity contribution is 5.94. The monoisotopic (exact) mass is 333 g/mol. The SMILES string of the molecule is COc1ccc(C(=O)NCCCc2cccc3ccccc23)cc1C. The summed E-state index contributed by atoms with van der Waals surface area (Å²) >= 11 is 0. The Labute approximate surface area is 148 Å². The third-order valence-electron chi connectivity index (χ3n) is 4.45. The first kappa shape index (κ1) is 17.0. The van der Waals surface area contributed by atoms with Crippen LogP contribution in [-0.4, -0.2) is 19.6 Å². The Morgan fingerprint density at radius 2 is 1.84 bits per heavy atom. The summed E-state index contributed by atoms with van der Waals surface area (Å²) in [5, 5.41) is 5.56. The van der Waals surface area contributed by atoms with Gasteiger partial charge in [-0.05, 0) is 59.9 Å². The zero-order valence-electron chi connectivity index (χ0n) is 14.7. The molecule has 0 saturated carbocycles. The van der Waals surface area contributed by atoms with Crippen LogP contribution in [0.25, 0.3) is 10.8 Å². The highest BCUT2D eigenvalue weighted by atomic mass is 16.5. The molecule has 0 saturated heterocycles. The lowest BCUT2D eigenvalue weighted by Crippen LogP contribution is -2.24. The minimum Gasteiger partial charge on any atom is -0.496 e. The van der Waals surface area contributed by atoms with Crippen LogP contribution in [0.2, 0.25) is 0 Å². The van der Waals surface area contributed by atoms with Crippen molar-refractivity contribution in [1.29, 1.82) is 0 Å². The van der Waals surface area contributed by atoms with Gasteiger partial charge in [-0.3, -0.25) is 4.79 Å². The Bertz CT molecular complexity index is 881. The second-order valence-corrected chi connectivity index (χ2v) is 6.18. The summed E-state index contributed by atoms with van der Waals surface area (Å²) < 4.78 is 5.23. The number of ether oxygens (including phenoxy) is 1. The molecule has 3 aromatic rings. The summed E-state index contributed by atoms with van der Waals surface area (Å²) in [6, 6.07) is 20.3. The van der Waals surface area contributed by atoms with Crippen molar-refractivity contribution >= 4 is 16.7 Å². The van der Waals surface area contributed by atoms with E-state index in [0.29, 0.717) is 12.1 Å². The quantitative estimate of drug-likeness (QED) is 0.674. The van der Waals surface area contributed by atoms with E-state index in [-0.39, 0.29) is 5.91 Å². The molecule has 0 heterocycles. The van der Waals surface area contributed by atoms with Crippen molar-refractivity contribution < 1.29 is 9.53 Å². The number of carbonyl (C=O) groups is 1. The topological polar surface area (TPSA) is 38.3 Å². The fourth-order valence-electron chi connectivity index (χ4n) is 3.11. The van der Waals surface area contributed by atoms with Gasteiger partial charge in [0.25, 0.3) is 5.91 Å². The Kier molecular flexibility index (Phi) is 5.34. The molecular weight excluding hydrogens is 310 g/mol. The molecule has 128 valence electrons. The van der Waals surface area contributed by atoms with E-state index in [1.54, 1.807) is 13.2 Å². The first-order valence-electron chi connectivity index (χ1n) is 8.58. The van der Waals surface area contributed by atoms with Crippen LogP contribution in [0.1, 0.15) is 27.9 Å².